The van der Waals surface area contributed by atoms with Gasteiger partial charge in [-0.25, -0.2) is 13.1 Å². The van der Waals surface area contributed by atoms with Crippen LogP contribution in [-0.4, -0.2) is 58.4 Å². The highest BCUT2D eigenvalue weighted by atomic mass is 32.2. The van der Waals surface area contributed by atoms with Gasteiger partial charge in [0, 0.05) is 32.2 Å². The van der Waals surface area contributed by atoms with Gasteiger partial charge in [-0.15, -0.1) is 0 Å². The molecule has 1 atom stereocenters. The van der Waals surface area contributed by atoms with E-state index in [1.165, 1.54) is 31.3 Å². The van der Waals surface area contributed by atoms with Gasteiger partial charge in [0.2, 0.25) is 15.9 Å². The number of nitrogens with one attached hydrogen (secondary N) is 2. The minimum Gasteiger partial charge on any atom is -0.369 e. The van der Waals surface area contributed by atoms with E-state index in [0.29, 0.717) is 18.7 Å². The summed E-state index contributed by atoms with van der Waals surface area (Å²) in [5, 5.41) is 2.48. The first kappa shape index (κ1) is 19.4. The number of hydrogen-bond acceptors (Lipinski definition) is 5. The zero-order valence-corrected chi connectivity index (χ0v) is 15.0. The van der Waals surface area contributed by atoms with Crippen LogP contribution in [0.15, 0.2) is 29.2 Å². The number of amides is 2. The molecule has 0 aliphatic carbocycles. The van der Waals surface area contributed by atoms with E-state index in [9.17, 15) is 18.0 Å². The predicted molar refractivity (Wildman–Crippen MR) is 93.4 cm³/mol. The number of nitrogens with two attached hydrogens (primary N) is 1. The SMILES string of the molecule is CNC(=O)c1ccc(S(=O)(=O)NCCN2CCCC(C(N)=O)C2)cc1. The molecule has 1 aliphatic rings. The molecule has 2 rings (SSSR count). The van der Waals surface area contributed by atoms with E-state index in [-0.39, 0.29) is 29.2 Å². The largest absolute Gasteiger partial charge is 0.369 e. The molecule has 2 amide bonds. The van der Waals surface area contributed by atoms with Crippen LogP contribution in [0.3, 0.4) is 0 Å². The molecule has 8 nitrogen and oxygen atoms in total. The summed E-state index contributed by atoms with van der Waals surface area (Å²) in [5.41, 5.74) is 5.74. The Morgan fingerprint density at radius 3 is 2.56 bits per heavy atom. The number of likely N-dealkylation sites (tertiary alicyclic amines) is 1. The number of sulfonamides is 1. The monoisotopic (exact) mass is 368 g/mol. The molecular formula is C16H24N4O4S. The molecule has 138 valence electrons. The Bertz CT molecular complexity index is 718. The molecule has 1 saturated heterocycles. The van der Waals surface area contributed by atoms with Crippen molar-refractivity contribution < 1.29 is 18.0 Å². The van der Waals surface area contributed by atoms with E-state index in [1.54, 1.807) is 0 Å². The van der Waals surface area contributed by atoms with Crippen molar-refractivity contribution in [3.63, 3.8) is 0 Å². The molecule has 0 saturated carbocycles. The second-order valence-corrected chi connectivity index (χ2v) is 7.81. The van der Waals surface area contributed by atoms with Gasteiger partial charge in [0.1, 0.15) is 0 Å². The van der Waals surface area contributed by atoms with Crippen LogP contribution in [0.4, 0.5) is 0 Å². The molecule has 1 unspecified atom stereocenters. The molecule has 1 aromatic rings. The van der Waals surface area contributed by atoms with Gasteiger partial charge in [0.15, 0.2) is 0 Å². The van der Waals surface area contributed by atoms with Crippen molar-refractivity contribution in [2.45, 2.75) is 17.7 Å². The van der Waals surface area contributed by atoms with E-state index in [1.807, 2.05) is 4.90 Å². The highest BCUT2D eigenvalue weighted by molar-refractivity contribution is 7.89. The fourth-order valence-electron chi connectivity index (χ4n) is 2.84. The average Bonchev–Trinajstić information content (AvgIpc) is 2.61. The van der Waals surface area contributed by atoms with Crippen LogP contribution in [-0.2, 0) is 14.8 Å². The molecule has 1 heterocycles. The second-order valence-electron chi connectivity index (χ2n) is 6.04. The number of nitrogens with zero attached hydrogens (tertiary/aromatic N) is 1. The lowest BCUT2D eigenvalue weighted by Gasteiger charge is -2.31. The maximum atomic E-state index is 12.3. The minimum absolute atomic E-state index is 0.105. The fourth-order valence-corrected chi connectivity index (χ4v) is 3.86. The first-order chi connectivity index (χ1) is 11.8. The molecule has 0 spiro atoms. The van der Waals surface area contributed by atoms with Gasteiger partial charge >= 0.3 is 0 Å². The molecule has 1 aliphatic heterocycles. The number of rotatable bonds is 7. The van der Waals surface area contributed by atoms with Crippen LogP contribution in [0.25, 0.3) is 0 Å². The molecule has 25 heavy (non-hydrogen) atoms. The summed E-state index contributed by atoms with van der Waals surface area (Å²) in [6, 6.07) is 5.73. The molecule has 9 heteroatoms. The van der Waals surface area contributed by atoms with Crippen molar-refractivity contribution in [3.8, 4) is 0 Å². The second kappa shape index (κ2) is 8.41. The number of carbonyl (C=O) groups excluding carboxylic acids is 2. The summed E-state index contributed by atoms with van der Waals surface area (Å²) in [6.45, 7) is 2.15. The Labute approximate surface area is 147 Å². The van der Waals surface area contributed by atoms with E-state index in [4.69, 9.17) is 5.73 Å². The van der Waals surface area contributed by atoms with E-state index in [0.717, 1.165) is 19.4 Å². The number of primary amides is 1. The Morgan fingerprint density at radius 2 is 1.96 bits per heavy atom. The van der Waals surface area contributed by atoms with Gasteiger partial charge in [-0.05, 0) is 43.7 Å². The van der Waals surface area contributed by atoms with Crippen LogP contribution < -0.4 is 15.8 Å². The third kappa shape index (κ3) is 5.25. The summed E-state index contributed by atoms with van der Waals surface area (Å²) in [6.07, 6.45) is 1.66. The van der Waals surface area contributed by atoms with Gasteiger partial charge in [0.25, 0.3) is 5.91 Å². The van der Waals surface area contributed by atoms with E-state index < -0.39 is 10.0 Å². The zero-order valence-electron chi connectivity index (χ0n) is 14.2. The molecule has 4 N–H and O–H groups in total. The third-order valence-corrected chi connectivity index (χ3v) is 5.76. The maximum Gasteiger partial charge on any atom is 0.251 e. The lowest BCUT2D eigenvalue weighted by Crippen LogP contribution is -2.44. The summed E-state index contributed by atoms with van der Waals surface area (Å²) in [5.74, 6) is -0.741. The van der Waals surface area contributed by atoms with Gasteiger partial charge in [-0.2, -0.15) is 0 Å². The summed E-state index contributed by atoms with van der Waals surface area (Å²) in [7, 11) is -2.13. The quantitative estimate of drug-likeness (QED) is 0.600. The van der Waals surface area contributed by atoms with Crippen molar-refractivity contribution in [2.24, 2.45) is 11.7 Å². The summed E-state index contributed by atoms with van der Waals surface area (Å²) >= 11 is 0. The molecular weight excluding hydrogens is 344 g/mol. The lowest BCUT2D eigenvalue weighted by molar-refractivity contribution is -0.123. The van der Waals surface area contributed by atoms with Crippen molar-refractivity contribution in [1.82, 2.24) is 14.9 Å². The van der Waals surface area contributed by atoms with Crippen LogP contribution in [0.2, 0.25) is 0 Å². The molecule has 0 bridgehead atoms. The van der Waals surface area contributed by atoms with Crippen LogP contribution in [0, 0.1) is 5.92 Å². The Kier molecular flexibility index (Phi) is 6.51. The van der Waals surface area contributed by atoms with Crippen molar-refractivity contribution >= 4 is 21.8 Å². The van der Waals surface area contributed by atoms with Crippen LogP contribution in [0.1, 0.15) is 23.2 Å². The smallest absolute Gasteiger partial charge is 0.251 e. The molecule has 0 radical (unpaired) electrons. The Morgan fingerprint density at radius 1 is 1.28 bits per heavy atom. The topological polar surface area (TPSA) is 122 Å². The van der Waals surface area contributed by atoms with Gasteiger partial charge in [0.05, 0.1) is 10.8 Å². The number of piperidine rings is 1. The molecule has 1 fully saturated rings. The number of carbonyl (C=O) groups is 2. The first-order valence-corrected chi connectivity index (χ1v) is 9.65. The van der Waals surface area contributed by atoms with Gasteiger partial charge in [-0.1, -0.05) is 0 Å². The average molecular weight is 368 g/mol. The van der Waals surface area contributed by atoms with Gasteiger partial charge < -0.3 is 16.0 Å². The standard InChI is InChI=1S/C16H24N4O4S/c1-18-16(22)12-4-6-14(7-5-12)25(23,24)19-8-10-20-9-2-3-13(11-20)15(17)21/h4-7,13,19H,2-3,8-11H2,1H3,(H2,17,21)(H,18,22). The van der Waals surface area contributed by atoms with Crippen LogP contribution in [0.5, 0.6) is 0 Å². The zero-order chi connectivity index (χ0) is 18.4. The molecule has 0 aromatic heterocycles. The third-order valence-electron chi connectivity index (χ3n) is 4.28. The highest BCUT2D eigenvalue weighted by Gasteiger charge is 2.24. The lowest BCUT2D eigenvalue weighted by atomic mass is 9.98. The summed E-state index contributed by atoms with van der Waals surface area (Å²) < 4.78 is 27.1. The number of hydrogen-bond donors (Lipinski definition) is 3. The van der Waals surface area contributed by atoms with Crippen molar-refractivity contribution in [2.75, 3.05) is 33.2 Å². The van der Waals surface area contributed by atoms with Gasteiger partial charge in [-0.3, -0.25) is 9.59 Å². The maximum absolute atomic E-state index is 12.3. The normalized spacial score (nSPS) is 18.7. The highest BCUT2D eigenvalue weighted by Crippen LogP contribution is 2.15. The Hall–Kier alpha value is -1.97. The van der Waals surface area contributed by atoms with E-state index in [2.05, 4.69) is 10.0 Å². The van der Waals surface area contributed by atoms with E-state index >= 15 is 0 Å². The minimum atomic E-state index is -3.64. The van der Waals surface area contributed by atoms with Crippen molar-refractivity contribution in [1.29, 1.82) is 0 Å². The predicted octanol–water partition coefficient (Wildman–Crippen LogP) is -0.478. The molecule has 1 aromatic carbocycles. The van der Waals surface area contributed by atoms with Crippen molar-refractivity contribution in [3.05, 3.63) is 29.8 Å². The Balaban J connectivity index is 1.89. The first-order valence-electron chi connectivity index (χ1n) is 8.17. The fraction of sp³-hybridized carbons (Fsp3) is 0.500. The summed E-state index contributed by atoms with van der Waals surface area (Å²) in [4.78, 5) is 24.9. The number of benzene rings is 1. The van der Waals surface area contributed by atoms with Crippen LogP contribution >= 0.6 is 0 Å².